The van der Waals surface area contributed by atoms with Crippen LogP contribution < -0.4 is 4.74 Å². The first-order chi connectivity index (χ1) is 5.72. The van der Waals surface area contributed by atoms with Gasteiger partial charge in [0.2, 0.25) is 0 Å². The summed E-state index contributed by atoms with van der Waals surface area (Å²) in [6.07, 6.45) is 4.72. The number of rotatable bonds is 3. The monoisotopic (exact) mass is 229 g/mol. The van der Waals surface area contributed by atoms with Crippen molar-refractivity contribution in [3.8, 4) is 5.75 Å². The average molecular weight is 230 g/mol. The van der Waals surface area contributed by atoms with Crippen molar-refractivity contribution in [2.45, 2.75) is 26.4 Å². The van der Waals surface area contributed by atoms with E-state index in [4.69, 9.17) is 4.74 Å². The lowest BCUT2D eigenvalue weighted by molar-refractivity contribution is 0.216. The van der Waals surface area contributed by atoms with Gasteiger partial charge in [-0.2, -0.15) is 0 Å². The molecule has 2 nitrogen and oxygen atoms in total. The third kappa shape index (κ3) is 2.81. The van der Waals surface area contributed by atoms with Gasteiger partial charge in [0.25, 0.3) is 0 Å². The summed E-state index contributed by atoms with van der Waals surface area (Å²) in [6.45, 7) is 4.14. The molecule has 0 N–H and O–H groups in total. The average Bonchev–Trinajstić information content (AvgIpc) is 2.04. The summed E-state index contributed by atoms with van der Waals surface area (Å²) >= 11 is 3.33. The Balaban J connectivity index is 2.63. The van der Waals surface area contributed by atoms with Crippen LogP contribution in [0.1, 0.15) is 20.3 Å². The molecule has 0 bridgehead atoms. The number of ether oxygens (including phenoxy) is 1. The molecule has 0 spiro atoms. The molecule has 1 rings (SSSR count). The van der Waals surface area contributed by atoms with Crippen molar-refractivity contribution in [3.05, 3.63) is 22.9 Å². The fraction of sp³-hybridized carbons (Fsp3) is 0.444. The largest absolute Gasteiger partial charge is 0.489 e. The molecular weight excluding hydrogens is 218 g/mol. The summed E-state index contributed by atoms with van der Waals surface area (Å²) in [4.78, 5) is 4.00. The highest BCUT2D eigenvalue weighted by molar-refractivity contribution is 9.10. The number of nitrogens with zero attached hydrogens (tertiary/aromatic N) is 1. The van der Waals surface area contributed by atoms with Crippen LogP contribution in [0, 0.1) is 0 Å². The number of hydrogen-bond acceptors (Lipinski definition) is 2. The van der Waals surface area contributed by atoms with E-state index in [2.05, 4.69) is 27.8 Å². The van der Waals surface area contributed by atoms with Crippen LogP contribution in [0.2, 0.25) is 0 Å². The summed E-state index contributed by atoms with van der Waals surface area (Å²) < 4.78 is 6.50. The summed E-state index contributed by atoms with van der Waals surface area (Å²) in [5.74, 6) is 0.818. The lowest BCUT2D eigenvalue weighted by Gasteiger charge is -2.11. The minimum atomic E-state index is 0.251. The van der Waals surface area contributed by atoms with E-state index >= 15 is 0 Å². The molecule has 12 heavy (non-hydrogen) atoms. The predicted molar refractivity (Wildman–Crippen MR) is 52.3 cm³/mol. The molecule has 0 fully saturated rings. The van der Waals surface area contributed by atoms with E-state index in [1.54, 1.807) is 12.4 Å². The zero-order valence-electron chi connectivity index (χ0n) is 7.25. The zero-order chi connectivity index (χ0) is 8.97. The van der Waals surface area contributed by atoms with Crippen LogP contribution in [-0.2, 0) is 0 Å². The maximum absolute atomic E-state index is 5.55. The van der Waals surface area contributed by atoms with Crippen molar-refractivity contribution in [2.24, 2.45) is 0 Å². The topological polar surface area (TPSA) is 22.1 Å². The van der Waals surface area contributed by atoms with Crippen LogP contribution in [0.25, 0.3) is 0 Å². The Hall–Kier alpha value is -0.570. The Labute approximate surface area is 81.1 Å². The molecule has 0 aliphatic rings. The molecule has 1 aromatic rings. The number of hydrogen-bond donors (Lipinski definition) is 0. The van der Waals surface area contributed by atoms with Gasteiger partial charge in [0.1, 0.15) is 5.75 Å². The van der Waals surface area contributed by atoms with Crippen LogP contribution in [0.4, 0.5) is 0 Å². The van der Waals surface area contributed by atoms with Gasteiger partial charge in [-0.05, 0) is 35.3 Å². The van der Waals surface area contributed by atoms with Gasteiger partial charge in [-0.25, -0.2) is 0 Å². The van der Waals surface area contributed by atoms with Gasteiger partial charge < -0.3 is 4.74 Å². The highest BCUT2D eigenvalue weighted by atomic mass is 79.9. The van der Waals surface area contributed by atoms with Gasteiger partial charge in [0.05, 0.1) is 12.3 Å². The van der Waals surface area contributed by atoms with E-state index in [-0.39, 0.29) is 6.10 Å². The molecule has 0 aromatic carbocycles. The van der Waals surface area contributed by atoms with E-state index in [0.717, 1.165) is 16.6 Å². The van der Waals surface area contributed by atoms with Crippen molar-refractivity contribution >= 4 is 15.9 Å². The first-order valence-electron chi connectivity index (χ1n) is 3.99. The third-order valence-corrected chi connectivity index (χ3v) is 2.03. The van der Waals surface area contributed by atoms with Gasteiger partial charge >= 0.3 is 0 Å². The van der Waals surface area contributed by atoms with Crippen LogP contribution in [0.5, 0.6) is 5.75 Å². The highest BCUT2D eigenvalue weighted by Crippen LogP contribution is 2.17. The minimum absolute atomic E-state index is 0.251. The third-order valence-electron chi connectivity index (χ3n) is 1.59. The predicted octanol–water partition coefficient (Wildman–Crippen LogP) is 3.02. The standard InChI is InChI=1S/C9H12BrNO/c1-3-7(2)12-9-4-8(10)5-11-6-9/h4-7H,3H2,1-2H3. The normalized spacial score (nSPS) is 12.6. The van der Waals surface area contributed by atoms with Crippen LogP contribution in [-0.4, -0.2) is 11.1 Å². The fourth-order valence-corrected chi connectivity index (χ4v) is 1.12. The van der Waals surface area contributed by atoms with Crippen molar-refractivity contribution in [1.82, 2.24) is 4.98 Å². The summed E-state index contributed by atoms with van der Waals surface area (Å²) in [7, 11) is 0. The second kappa shape index (κ2) is 4.45. The van der Waals surface area contributed by atoms with Crippen LogP contribution in [0.15, 0.2) is 22.9 Å². The molecule has 1 heterocycles. The first kappa shape index (κ1) is 9.52. The lowest BCUT2D eigenvalue weighted by atomic mass is 10.3. The maximum atomic E-state index is 5.55. The fourth-order valence-electron chi connectivity index (χ4n) is 0.772. The molecule has 1 unspecified atom stereocenters. The number of pyridine rings is 1. The van der Waals surface area contributed by atoms with E-state index < -0.39 is 0 Å². The van der Waals surface area contributed by atoms with Gasteiger partial charge in [0.15, 0.2) is 0 Å². The maximum Gasteiger partial charge on any atom is 0.139 e. The second-order valence-corrected chi connectivity index (χ2v) is 3.59. The van der Waals surface area contributed by atoms with E-state index in [9.17, 15) is 0 Å². The smallest absolute Gasteiger partial charge is 0.139 e. The molecule has 3 heteroatoms. The molecule has 66 valence electrons. The molecule has 0 aliphatic carbocycles. The Morgan fingerprint density at radius 2 is 2.33 bits per heavy atom. The SMILES string of the molecule is CCC(C)Oc1cncc(Br)c1. The molecule has 0 amide bonds. The van der Waals surface area contributed by atoms with E-state index in [0.29, 0.717) is 0 Å². The van der Waals surface area contributed by atoms with Crippen molar-refractivity contribution < 1.29 is 4.74 Å². The summed E-state index contributed by atoms with van der Waals surface area (Å²) in [5, 5.41) is 0. The number of aromatic nitrogens is 1. The molecule has 1 aromatic heterocycles. The molecule has 0 aliphatic heterocycles. The second-order valence-electron chi connectivity index (χ2n) is 2.68. The summed E-state index contributed by atoms with van der Waals surface area (Å²) in [6, 6.07) is 1.92. The Bertz CT molecular complexity index is 252. The van der Waals surface area contributed by atoms with Gasteiger partial charge in [-0.1, -0.05) is 6.92 Å². The first-order valence-corrected chi connectivity index (χ1v) is 4.79. The zero-order valence-corrected chi connectivity index (χ0v) is 8.84. The van der Waals surface area contributed by atoms with Gasteiger partial charge in [-0.15, -0.1) is 0 Å². The van der Waals surface area contributed by atoms with E-state index in [1.165, 1.54) is 0 Å². The number of halogens is 1. The molecule has 1 atom stereocenters. The van der Waals surface area contributed by atoms with Gasteiger partial charge in [0, 0.05) is 10.7 Å². The Morgan fingerprint density at radius 1 is 1.58 bits per heavy atom. The minimum Gasteiger partial charge on any atom is -0.489 e. The van der Waals surface area contributed by atoms with Crippen molar-refractivity contribution in [1.29, 1.82) is 0 Å². The van der Waals surface area contributed by atoms with Crippen molar-refractivity contribution in [3.63, 3.8) is 0 Å². The van der Waals surface area contributed by atoms with Gasteiger partial charge in [-0.3, -0.25) is 4.98 Å². The quantitative estimate of drug-likeness (QED) is 0.796. The molecule has 0 saturated carbocycles. The highest BCUT2D eigenvalue weighted by Gasteiger charge is 2.00. The summed E-state index contributed by atoms with van der Waals surface area (Å²) in [5.41, 5.74) is 0. The van der Waals surface area contributed by atoms with E-state index in [1.807, 2.05) is 13.0 Å². The Kier molecular flexibility index (Phi) is 3.53. The van der Waals surface area contributed by atoms with Crippen molar-refractivity contribution in [2.75, 3.05) is 0 Å². The molecular formula is C9H12BrNO. The molecule has 0 saturated heterocycles. The van der Waals surface area contributed by atoms with Crippen LogP contribution >= 0.6 is 15.9 Å². The Morgan fingerprint density at radius 3 is 2.92 bits per heavy atom. The van der Waals surface area contributed by atoms with Crippen LogP contribution in [0.3, 0.4) is 0 Å². The lowest BCUT2D eigenvalue weighted by Crippen LogP contribution is -2.09. The molecule has 0 radical (unpaired) electrons.